The fourth-order valence-corrected chi connectivity index (χ4v) is 5.99. The summed E-state index contributed by atoms with van der Waals surface area (Å²) in [6.07, 6.45) is 6.25. The van der Waals surface area contributed by atoms with Crippen molar-refractivity contribution in [1.82, 2.24) is 19.2 Å². The molecule has 3 heterocycles. The highest BCUT2D eigenvalue weighted by atomic mass is 32.2. The molecule has 2 atom stereocenters. The normalized spacial score (nSPS) is 18.8. The van der Waals surface area contributed by atoms with E-state index in [1.54, 1.807) is 12.1 Å². The smallest absolute Gasteiger partial charge is 0.240 e. The maximum atomic E-state index is 13.1. The molecule has 2 aromatic heterocycles. The predicted molar refractivity (Wildman–Crippen MR) is 125 cm³/mol. The van der Waals surface area contributed by atoms with E-state index in [1.807, 2.05) is 37.5 Å². The molecule has 162 valence electrons. The first-order chi connectivity index (χ1) is 14.9. The van der Waals surface area contributed by atoms with Gasteiger partial charge in [0.25, 0.3) is 0 Å². The minimum absolute atomic E-state index is 0.0207. The number of nitrogens with one attached hydrogen (secondary N) is 2. The minimum atomic E-state index is -3.63. The molecule has 1 aliphatic rings. The van der Waals surface area contributed by atoms with E-state index in [4.69, 9.17) is 0 Å². The second kappa shape index (κ2) is 7.82. The fourth-order valence-electron chi connectivity index (χ4n) is 4.93. The first-order valence-electron chi connectivity index (χ1n) is 10.8. The molecule has 0 aliphatic carbocycles. The van der Waals surface area contributed by atoms with Crippen molar-refractivity contribution in [3.05, 3.63) is 66.5 Å². The van der Waals surface area contributed by atoms with Crippen molar-refractivity contribution in [2.45, 2.75) is 36.7 Å². The largest absolute Gasteiger partial charge is 0.361 e. The molecule has 1 saturated heterocycles. The van der Waals surface area contributed by atoms with Crippen LogP contribution >= 0.6 is 0 Å². The van der Waals surface area contributed by atoms with Gasteiger partial charge in [-0.25, -0.2) is 13.1 Å². The quantitative estimate of drug-likeness (QED) is 0.477. The molecular formula is C24H28N4O2S. The Bertz CT molecular complexity index is 1340. The standard InChI is InChI=1S/C24H28N4O2S/c1-17-6-5-13-28(17)24(21-16-27(2)23-8-4-3-7-20(21)23)15-26-31(29,30)19-10-9-18-11-12-25-22(18)14-19/h3-4,7-12,14,16-17,24-26H,5-6,13,15H2,1-2H3/t17-,24+/m0/s1. The van der Waals surface area contributed by atoms with E-state index in [1.165, 1.54) is 10.9 Å². The molecule has 0 saturated carbocycles. The summed E-state index contributed by atoms with van der Waals surface area (Å²) in [5, 5.41) is 2.18. The van der Waals surface area contributed by atoms with Gasteiger partial charge in [0, 0.05) is 48.4 Å². The van der Waals surface area contributed by atoms with Crippen LogP contribution in [-0.2, 0) is 17.1 Å². The van der Waals surface area contributed by atoms with Gasteiger partial charge in [0.1, 0.15) is 0 Å². The molecule has 1 fully saturated rings. The number of benzene rings is 2. The van der Waals surface area contributed by atoms with Crippen molar-refractivity contribution in [3.8, 4) is 0 Å². The van der Waals surface area contributed by atoms with Gasteiger partial charge in [-0.05, 0) is 61.5 Å². The van der Waals surface area contributed by atoms with Crippen molar-refractivity contribution in [3.63, 3.8) is 0 Å². The number of para-hydroxylation sites is 1. The summed E-state index contributed by atoms with van der Waals surface area (Å²) in [6, 6.07) is 15.9. The third-order valence-electron chi connectivity index (χ3n) is 6.59. The monoisotopic (exact) mass is 436 g/mol. The van der Waals surface area contributed by atoms with Gasteiger partial charge in [-0.3, -0.25) is 4.90 Å². The third-order valence-corrected chi connectivity index (χ3v) is 8.02. The summed E-state index contributed by atoms with van der Waals surface area (Å²) in [4.78, 5) is 5.82. The van der Waals surface area contributed by atoms with Gasteiger partial charge in [-0.15, -0.1) is 0 Å². The molecule has 0 amide bonds. The van der Waals surface area contributed by atoms with E-state index >= 15 is 0 Å². The van der Waals surface area contributed by atoms with Crippen LogP contribution < -0.4 is 4.72 Å². The highest BCUT2D eigenvalue weighted by Gasteiger charge is 2.32. The predicted octanol–water partition coefficient (Wildman–Crippen LogP) is 4.16. The molecule has 2 N–H and O–H groups in total. The highest BCUT2D eigenvalue weighted by Crippen LogP contribution is 2.34. The van der Waals surface area contributed by atoms with Crippen LogP contribution in [0, 0.1) is 0 Å². The Labute approximate surface area is 182 Å². The molecule has 0 bridgehead atoms. The number of fused-ring (bicyclic) bond motifs is 2. The lowest BCUT2D eigenvalue weighted by atomic mass is 10.0. The molecule has 4 aromatic rings. The molecule has 1 aliphatic heterocycles. The summed E-state index contributed by atoms with van der Waals surface area (Å²) < 4.78 is 31.3. The molecule has 31 heavy (non-hydrogen) atoms. The van der Waals surface area contributed by atoms with E-state index < -0.39 is 10.0 Å². The minimum Gasteiger partial charge on any atom is -0.361 e. The Kier molecular flexibility index (Phi) is 5.12. The number of rotatable bonds is 6. The molecule has 7 heteroatoms. The van der Waals surface area contributed by atoms with Crippen LogP contribution in [0.4, 0.5) is 0 Å². The van der Waals surface area contributed by atoms with Crippen LogP contribution in [0.15, 0.2) is 65.8 Å². The molecule has 0 radical (unpaired) electrons. The third kappa shape index (κ3) is 3.67. The SMILES string of the molecule is C[C@H]1CCCN1[C@H](CNS(=O)(=O)c1ccc2cc[nH]c2c1)c1cn(C)c2ccccc12. The zero-order valence-electron chi connectivity index (χ0n) is 17.9. The number of likely N-dealkylation sites (tertiary alicyclic amines) is 1. The van der Waals surface area contributed by atoms with Gasteiger partial charge < -0.3 is 9.55 Å². The lowest BCUT2D eigenvalue weighted by Crippen LogP contribution is -2.39. The first-order valence-corrected chi connectivity index (χ1v) is 12.3. The van der Waals surface area contributed by atoms with E-state index in [0.29, 0.717) is 12.6 Å². The average Bonchev–Trinajstić information content (AvgIpc) is 3.48. The molecule has 0 unspecified atom stereocenters. The number of hydrogen-bond donors (Lipinski definition) is 2. The Balaban J connectivity index is 1.48. The van der Waals surface area contributed by atoms with Gasteiger partial charge in [0.2, 0.25) is 10.0 Å². The zero-order chi connectivity index (χ0) is 21.6. The second-order valence-corrected chi connectivity index (χ2v) is 10.3. The van der Waals surface area contributed by atoms with Crippen molar-refractivity contribution < 1.29 is 8.42 Å². The zero-order valence-corrected chi connectivity index (χ0v) is 18.7. The topological polar surface area (TPSA) is 70.1 Å². The van der Waals surface area contributed by atoms with Crippen LogP contribution in [-0.4, -0.2) is 42.0 Å². The average molecular weight is 437 g/mol. The van der Waals surface area contributed by atoms with Crippen LogP contribution in [0.2, 0.25) is 0 Å². The van der Waals surface area contributed by atoms with Crippen LogP contribution in [0.25, 0.3) is 21.8 Å². The van der Waals surface area contributed by atoms with E-state index in [9.17, 15) is 8.42 Å². The van der Waals surface area contributed by atoms with Crippen LogP contribution in [0.3, 0.4) is 0 Å². The lowest BCUT2D eigenvalue weighted by molar-refractivity contribution is 0.193. The number of H-pyrrole nitrogens is 1. The lowest BCUT2D eigenvalue weighted by Gasteiger charge is -2.31. The van der Waals surface area contributed by atoms with E-state index in [0.717, 1.165) is 35.8 Å². The summed E-state index contributed by atoms with van der Waals surface area (Å²) in [5.41, 5.74) is 3.16. The van der Waals surface area contributed by atoms with Gasteiger partial charge in [-0.1, -0.05) is 24.3 Å². The number of nitrogens with zero attached hydrogens (tertiary/aromatic N) is 2. The molecule has 2 aromatic carbocycles. The Morgan fingerprint density at radius 1 is 1.19 bits per heavy atom. The summed E-state index contributed by atoms with van der Waals surface area (Å²) in [7, 11) is -1.58. The van der Waals surface area contributed by atoms with Crippen LogP contribution in [0.5, 0.6) is 0 Å². The van der Waals surface area contributed by atoms with E-state index in [2.05, 4.69) is 44.4 Å². The molecule has 6 nitrogen and oxygen atoms in total. The van der Waals surface area contributed by atoms with E-state index in [-0.39, 0.29) is 10.9 Å². The number of sulfonamides is 1. The fraction of sp³-hybridized carbons (Fsp3) is 0.333. The van der Waals surface area contributed by atoms with Crippen molar-refractivity contribution in [1.29, 1.82) is 0 Å². The first kappa shape index (κ1) is 20.3. The number of hydrogen-bond acceptors (Lipinski definition) is 3. The van der Waals surface area contributed by atoms with Crippen molar-refractivity contribution in [2.75, 3.05) is 13.1 Å². The maximum absolute atomic E-state index is 13.1. The van der Waals surface area contributed by atoms with Crippen molar-refractivity contribution in [2.24, 2.45) is 7.05 Å². The number of aryl methyl sites for hydroxylation is 1. The van der Waals surface area contributed by atoms with Gasteiger partial charge >= 0.3 is 0 Å². The highest BCUT2D eigenvalue weighted by molar-refractivity contribution is 7.89. The Morgan fingerprint density at radius 2 is 2.03 bits per heavy atom. The molecule has 0 spiro atoms. The number of aromatic nitrogens is 2. The summed E-state index contributed by atoms with van der Waals surface area (Å²) >= 11 is 0. The second-order valence-electron chi connectivity index (χ2n) is 8.54. The van der Waals surface area contributed by atoms with Gasteiger partial charge in [0.05, 0.1) is 10.9 Å². The van der Waals surface area contributed by atoms with Gasteiger partial charge in [-0.2, -0.15) is 0 Å². The van der Waals surface area contributed by atoms with Crippen molar-refractivity contribution >= 4 is 31.8 Å². The van der Waals surface area contributed by atoms with Gasteiger partial charge in [0.15, 0.2) is 0 Å². The molecular weight excluding hydrogens is 408 g/mol. The molecule has 5 rings (SSSR count). The summed E-state index contributed by atoms with van der Waals surface area (Å²) in [6.45, 7) is 3.55. The summed E-state index contributed by atoms with van der Waals surface area (Å²) in [5.74, 6) is 0. The maximum Gasteiger partial charge on any atom is 0.240 e. The number of aromatic amines is 1. The Hall–Kier alpha value is -2.61. The van der Waals surface area contributed by atoms with Crippen LogP contribution in [0.1, 0.15) is 31.4 Å². The Morgan fingerprint density at radius 3 is 2.84 bits per heavy atom.